The maximum absolute atomic E-state index is 6.35. The van der Waals surface area contributed by atoms with Gasteiger partial charge in [0.2, 0.25) is 0 Å². The lowest BCUT2D eigenvalue weighted by atomic mass is 9.99. The summed E-state index contributed by atoms with van der Waals surface area (Å²) in [5.74, 6) is 1.02. The zero-order chi connectivity index (χ0) is 14.8. The predicted octanol–water partition coefficient (Wildman–Crippen LogP) is 5.28. The van der Waals surface area contributed by atoms with Gasteiger partial charge in [-0.3, -0.25) is 0 Å². The lowest BCUT2D eigenvalue weighted by molar-refractivity contribution is 0.314. The molecule has 3 rings (SSSR count). The highest BCUT2D eigenvalue weighted by atomic mass is 35.5. The van der Waals surface area contributed by atoms with Crippen LogP contribution in [0.25, 0.3) is 0 Å². The van der Waals surface area contributed by atoms with E-state index >= 15 is 0 Å². The second-order valence-corrected chi connectivity index (χ2v) is 6.07. The monoisotopic (exact) mass is 301 g/mol. The largest absolute Gasteiger partial charge is 0.493 e. The van der Waals surface area contributed by atoms with Crippen LogP contribution in [0.5, 0.6) is 5.75 Å². The van der Waals surface area contributed by atoms with Gasteiger partial charge in [0.25, 0.3) is 0 Å². The van der Waals surface area contributed by atoms with Crippen LogP contribution in [-0.2, 0) is 0 Å². The van der Waals surface area contributed by atoms with Crippen molar-refractivity contribution in [2.45, 2.75) is 32.7 Å². The average molecular weight is 302 g/mol. The molecule has 1 aliphatic heterocycles. The van der Waals surface area contributed by atoms with Gasteiger partial charge in [0, 0.05) is 5.56 Å². The SMILES string of the molecule is Cc1ccc(NC2CCCOc3c(C)cccc32)c(Cl)c1. The molecule has 1 atom stereocenters. The highest BCUT2D eigenvalue weighted by Crippen LogP contribution is 2.37. The Bertz CT molecular complexity index is 654. The van der Waals surface area contributed by atoms with Gasteiger partial charge in [-0.05, 0) is 49.9 Å². The highest BCUT2D eigenvalue weighted by molar-refractivity contribution is 6.33. The van der Waals surface area contributed by atoms with Crippen molar-refractivity contribution in [2.75, 3.05) is 11.9 Å². The van der Waals surface area contributed by atoms with Crippen molar-refractivity contribution >= 4 is 17.3 Å². The summed E-state index contributed by atoms with van der Waals surface area (Å²) in [6.07, 6.45) is 2.08. The Morgan fingerprint density at radius 1 is 1.19 bits per heavy atom. The first-order chi connectivity index (χ1) is 10.1. The van der Waals surface area contributed by atoms with Crippen LogP contribution in [0.15, 0.2) is 36.4 Å². The number of benzene rings is 2. The van der Waals surface area contributed by atoms with Gasteiger partial charge >= 0.3 is 0 Å². The molecule has 2 nitrogen and oxygen atoms in total. The maximum Gasteiger partial charge on any atom is 0.127 e. The van der Waals surface area contributed by atoms with E-state index in [1.54, 1.807) is 0 Å². The quantitative estimate of drug-likeness (QED) is 0.814. The van der Waals surface area contributed by atoms with Crippen LogP contribution in [0.2, 0.25) is 5.02 Å². The summed E-state index contributed by atoms with van der Waals surface area (Å²) in [6, 6.07) is 12.7. The Labute approximate surface area is 131 Å². The summed E-state index contributed by atoms with van der Waals surface area (Å²) in [4.78, 5) is 0. The number of anilines is 1. The number of nitrogens with one attached hydrogen (secondary N) is 1. The molecule has 0 saturated carbocycles. The molecule has 21 heavy (non-hydrogen) atoms. The van der Waals surface area contributed by atoms with Gasteiger partial charge in [0.1, 0.15) is 5.75 Å². The molecule has 0 fully saturated rings. The molecular weight excluding hydrogens is 282 g/mol. The maximum atomic E-state index is 6.35. The van der Waals surface area contributed by atoms with Gasteiger partial charge in [-0.25, -0.2) is 0 Å². The summed E-state index contributed by atoms with van der Waals surface area (Å²) >= 11 is 6.35. The van der Waals surface area contributed by atoms with Crippen LogP contribution >= 0.6 is 11.6 Å². The van der Waals surface area contributed by atoms with Crippen LogP contribution in [0, 0.1) is 13.8 Å². The Hall–Kier alpha value is -1.67. The number of ether oxygens (including phenoxy) is 1. The first-order valence-corrected chi connectivity index (χ1v) is 7.78. The Balaban J connectivity index is 1.94. The summed E-state index contributed by atoms with van der Waals surface area (Å²) in [5, 5.41) is 4.36. The molecule has 2 aromatic rings. The van der Waals surface area contributed by atoms with E-state index in [0.29, 0.717) is 0 Å². The van der Waals surface area contributed by atoms with Gasteiger partial charge in [-0.2, -0.15) is 0 Å². The van der Waals surface area contributed by atoms with E-state index in [-0.39, 0.29) is 6.04 Å². The lowest BCUT2D eigenvalue weighted by Gasteiger charge is -2.21. The predicted molar refractivity (Wildman–Crippen MR) is 88.5 cm³/mol. The standard InChI is InChI=1S/C18H20ClNO/c1-12-8-9-17(15(19)11-12)20-16-7-4-10-21-18-13(2)5-3-6-14(16)18/h3,5-6,8-9,11,16,20H,4,7,10H2,1-2H3. The van der Waals surface area contributed by atoms with E-state index in [0.717, 1.165) is 35.9 Å². The van der Waals surface area contributed by atoms with Gasteiger partial charge in [0.05, 0.1) is 23.4 Å². The molecule has 0 spiro atoms. The number of aryl methyl sites for hydroxylation is 2. The lowest BCUT2D eigenvalue weighted by Crippen LogP contribution is -2.10. The molecule has 1 unspecified atom stereocenters. The number of para-hydroxylation sites is 1. The smallest absolute Gasteiger partial charge is 0.127 e. The summed E-state index contributed by atoms with van der Waals surface area (Å²) < 4.78 is 5.92. The number of fused-ring (bicyclic) bond motifs is 1. The Kier molecular flexibility index (Phi) is 4.07. The topological polar surface area (TPSA) is 21.3 Å². The third kappa shape index (κ3) is 3.01. The fraction of sp³-hybridized carbons (Fsp3) is 0.333. The van der Waals surface area contributed by atoms with Gasteiger partial charge < -0.3 is 10.1 Å². The number of rotatable bonds is 2. The van der Waals surface area contributed by atoms with E-state index in [1.807, 2.05) is 13.0 Å². The molecule has 0 saturated heterocycles. The highest BCUT2D eigenvalue weighted by Gasteiger charge is 2.21. The van der Waals surface area contributed by atoms with Crippen LogP contribution < -0.4 is 10.1 Å². The first kappa shape index (κ1) is 14.3. The van der Waals surface area contributed by atoms with Crippen molar-refractivity contribution in [1.29, 1.82) is 0 Å². The molecule has 0 aliphatic carbocycles. The molecule has 1 aliphatic rings. The Morgan fingerprint density at radius 2 is 2.05 bits per heavy atom. The molecule has 1 heterocycles. The molecule has 0 radical (unpaired) electrons. The van der Waals surface area contributed by atoms with E-state index < -0.39 is 0 Å². The third-order valence-electron chi connectivity index (χ3n) is 3.96. The minimum absolute atomic E-state index is 0.239. The average Bonchev–Trinajstić information content (AvgIpc) is 2.66. The van der Waals surface area contributed by atoms with Gasteiger partial charge in [0.15, 0.2) is 0 Å². The van der Waals surface area contributed by atoms with Crippen LogP contribution in [0.4, 0.5) is 5.69 Å². The van der Waals surface area contributed by atoms with Crippen LogP contribution in [0.1, 0.15) is 35.6 Å². The zero-order valence-electron chi connectivity index (χ0n) is 12.4. The molecule has 0 bridgehead atoms. The van der Waals surface area contributed by atoms with Gasteiger partial charge in [-0.15, -0.1) is 0 Å². The summed E-state index contributed by atoms with van der Waals surface area (Å²) in [7, 11) is 0. The fourth-order valence-electron chi connectivity index (χ4n) is 2.84. The first-order valence-electron chi connectivity index (χ1n) is 7.40. The van der Waals surface area contributed by atoms with E-state index in [1.165, 1.54) is 16.7 Å². The molecule has 0 amide bonds. The van der Waals surface area contributed by atoms with Crippen LogP contribution in [0.3, 0.4) is 0 Å². The molecule has 110 valence electrons. The second-order valence-electron chi connectivity index (χ2n) is 5.66. The molecule has 1 N–H and O–H groups in total. The van der Waals surface area contributed by atoms with Gasteiger partial charge in [-0.1, -0.05) is 35.9 Å². The normalized spacial score (nSPS) is 17.6. The van der Waals surface area contributed by atoms with Crippen molar-refractivity contribution in [1.82, 2.24) is 0 Å². The Morgan fingerprint density at radius 3 is 2.86 bits per heavy atom. The van der Waals surface area contributed by atoms with Crippen molar-refractivity contribution in [3.8, 4) is 5.75 Å². The van der Waals surface area contributed by atoms with E-state index in [9.17, 15) is 0 Å². The van der Waals surface area contributed by atoms with Crippen molar-refractivity contribution in [3.63, 3.8) is 0 Å². The second kappa shape index (κ2) is 5.98. The molecule has 0 aromatic heterocycles. The fourth-order valence-corrected chi connectivity index (χ4v) is 3.13. The number of hydrogen-bond acceptors (Lipinski definition) is 2. The van der Waals surface area contributed by atoms with Crippen molar-refractivity contribution in [2.24, 2.45) is 0 Å². The van der Waals surface area contributed by atoms with E-state index in [4.69, 9.17) is 16.3 Å². The molecular formula is C18H20ClNO. The summed E-state index contributed by atoms with van der Waals surface area (Å²) in [6.45, 7) is 4.92. The zero-order valence-corrected chi connectivity index (χ0v) is 13.2. The van der Waals surface area contributed by atoms with Crippen molar-refractivity contribution < 1.29 is 4.74 Å². The van der Waals surface area contributed by atoms with E-state index in [2.05, 4.69) is 42.6 Å². The van der Waals surface area contributed by atoms with Crippen molar-refractivity contribution in [3.05, 3.63) is 58.1 Å². The molecule has 2 aromatic carbocycles. The number of hydrogen-bond donors (Lipinski definition) is 1. The minimum atomic E-state index is 0.239. The van der Waals surface area contributed by atoms with Crippen LogP contribution in [-0.4, -0.2) is 6.61 Å². The third-order valence-corrected chi connectivity index (χ3v) is 4.27. The minimum Gasteiger partial charge on any atom is -0.493 e. The summed E-state index contributed by atoms with van der Waals surface area (Å²) in [5.41, 5.74) is 4.58. The number of halogens is 1. The molecule has 3 heteroatoms.